The molecule has 0 saturated carbocycles. The standard InChI is InChI=1S/C18H18N2O6/c1-12-9-15(20(23)24)7-8-16(12)19-17(21)11-26-18(22)14-5-3-13(4-6-14)10-25-2/h3-9H,10-11H2,1-2H3,(H,19,21). The molecule has 0 saturated heterocycles. The van der Waals surface area contributed by atoms with Crippen LogP contribution in [0.3, 0.4) is 0 Å². The van der Waals surface area contributed by atoms with Gasteiger partial charge < -0.3 is 14.8 Å². The van der Waals surface area contributed by atoms with E-state index in [-0.39, 0.29) is 5.69 Å². The third kappa shape index (κ3) is 5.12. The molecule has 2 aromatic rings. The number of nitrogens with one attached hydrogen (secondary N) is 1. The lowest BCUT2D eigenvalue weighted by Crippen LogP contribution is -2.21. The molecular weight excluding hydrogens is 340 g/mol. The fourth-order valence-corrected chi connectivity index (χ4v) is 2.21. The van der Waals surface area contributed by atoms with Crippen molar-refractivity contribution in [1.82, 2.24) is 0 Å². The predicted molar refractivity (Wildman–Crippen MR) is 93.9 cm³/mol. The molecule has 2 aromatic carbocycles. The number of carbonyl (C=O) groups is 2. The highest BCUT2D eigenvalue weighted by atomic mass is 16.6. The van der Waals surface area contributed by atoms with Crippen LogP contribution >= 0.6 is 0 Å². The number of amides is 1. The van der Waals surface area contributed by atoms with E-state index in [1.165, 1.54) is 18.2 Å². The van der Waals surface area contributed by atoms with Gasteiger partial charge in [-0.05, 0) is 36.2 Å². The van der Waals surface area contributed by atoms with Crippen molar-refractivity contribution < 1.29 is 24.0 Å². The van der Waals surface area contributed by atoms with E-state index in [1.54, 1.807) is 38.3 Å². The number of non-ortho nitro benzene ring substituents is 1. The molecule has 0 aliphatic heterocycles. The zero-order valence-electron chi connectivity index (χ0n) is 14.4. The Morgan fingerprint density at radius 1 is 1.15 bits per heavy atom. The van der Waals surface area contributed by atoms with E-state index in [0.29, 0.717) is 23.4 Å². The Hall–Kier alpha value is -3.26. The number of nitro groups is 1. The summed E-state index contributed by atoms with van der Waals surface area (Å²) in [5, 5.41) is 13.3. The van der Waals surface area contributed by atoms with E-state index >= 15 is 0 Å². The van der Waals surface area contributed by atoms with E-state index in [4.69, 9.17) is 9.47 Å². The topological polar surface area (TPSA) is 108 Å². The summed E-state index contributed by atoms with van der Waals surface area (Å²) in [5.41, 5.74) is 2.12. The van der Waals surface area contributed by atoms with Crippen molar-refractivity contribution in [2.75, 3.05) is 19.0 Å². The zero-order chi connectivity index (χ0) is 19.1. The number of hydrogen-bond donors (Lipinski definition) is 1. The molecule has 1 N–H and O–H groups in total. The average molecular weight is 358 g/mol. The molecule has 136 valence electrons. The maximum Gasteiger partial charge on any atom is 0.338 e. The van der Waals surface area contributed by atoms with Gasteiger partial charge in [-0.1, -0.05) is 12.1 Å². The molecule has 8 heteroatoms. The Morgan fingerprint density at radius 3 is 2.42 bits per heavy atom. The first kappa shape index (κ1) is 19.1. The van der Waals surface area contributed by atoms with E-state index in [1.807, 2.05) is 0 Å². The number of benzene rings is 2. The number of nitrogens with zero attached hydrogens (tertiary/aromatic N) is 1. The molecule has 0 aliphatic carbocycles. The summed E-state index contributed by atoms with van der Waals surface area (Å²) >= 11 is 0. The van der Waals surface area contributed by atoms with Crippen LogP contribution in [0.4, 0.5) is 11.4 Å². The third-order valence-corrected chi connectivity index (χ3v) is 3.53. The summed E-state index contributed by atoms with van der Waals surface area (Å²) in [6.45, 7) is 1.61. The van der Waals surface area contributed by atoms with Crippen LogP contribution < -0.4 is 5.32 Å². The van der Waals surface area contributed by atoms with Crippen molar-refractivity contribution in [2.24, 2.45) is 0 Å². The maximum atomic E-state index is 11.9. The van der Waals surface area contributed by atoms with Crippen molar-refractivity contribution >= 4 is 23.3 Å². The molecule has 0 fully saturated rings. The number of esters is 1. The molecule has 0 spiro atoms. The Balaban J connectivity index is 1.90. The minimum Gasteiger partial charge on any atom is -0.452 e. The van der Waals surface area contributed by atoms with Crippen LogP contribution in [0.5, 0.6) is 0 Å². The summed E-state index contributed by atoms with van der Waals surface area (Å²) < 4.78 is 9.96. The summed E-state index contributed by atoms with van der Waals surface area (Å²) in [5.74, 6) is -1.16. The molecule has 26 heavy (non-hydrogen) atoms. The molecule has 2 rings (SSSR count). The number of rotatable bonds is 7. The molecule has 0 radical (unpaired) electrons. The number of anilines is 1. The number of methoxy groups -OCH3 is 1. The van der Waals surface area contributed by atoms with Crippen molar-refractivity contribution in [1.29, 1.82) is 0 Å². The van der Waals surface area contributed by atoms with Crippen LogP contribution in [0.1, 0.15) is 21.5 Å². The van der Waals surface area contributed by atoms with E-state index < -0.39 is 23.4 Å². The van der Waals surface area contributed by atoms with E-state index in [0.717, 1.165) is 5.56 Å². The largest absolute Gasteiger partial charge is 0.452 e. The predicted octanol–water partition coefficient (Wildman–Crippen LogP) is 2.85. The van der Waals surface area contributed by atoms with Crippen molar-refractivity contribution in [3.05, 3.63) is 69.3 Å². The van der Waals surface area contributed by atoms with Gasteiger partial charge in [0.2, 0.25) is 0 Å². The molecule has 0 atom stereocenters. The van der Waals surface area contributed by atoms with Gasteiger partial charge in [-0.2, -0.15) is 0 Å². The second-order valence-electron chi connectivity index (χ2n) is 5.51. The lowest BCUT2D eigenvalue weighted by Gasteiger charge is -2.09. The summed E-state index contributed by atoms with van der Waals surface area (Å²) in [6.07, 6.45) is 0. The SMILES string of the molecule is COCc1ccc(C(=O)OCC(=O)Nc2ccc([N+](=O)[O-])cc2C)cc1. The first-order chi connectivity index (χ1) is 12.4. The van der Waals surface area contributed by atoms with Crippen LogP contribution in [0.25, 0.3) is 0 Å². The minimum atomic E-state index is -0.621. The number of nitro benzene ring substituents is 1. The van der Waals surface area contributed by atoms with Crippen molar-refractivity contribution in [2.45, 2.75) is 13.5 Å². The molecule has 1 amide bonds. The Labute approximate surface area is 149 Å². The summed E-state index contributed by atoms with van der Waals surface area (Å²) in [4.78, 5) is 34.1. The molecular formula is C18H18N2O6. The first-order valence-corrected chi connectivity index (χ1v) is 7.70. The number of ether oxygens (including phenoxy) is 2. The molecule has 0 aliphatic rings. The number of carbonyl (C=O) groups excluding carboxylic acids is 2. The molecule has 0 aromatic heterocycles. The van der Waals surface area contributed by atoms with Crippen LogP contribution in [-0.2, 0) is 20.9 Å². The number of hydrogen-bond acceptors (Lipinski definition) is 6. The van der Waals surface area contributed by atoms with Gasteiger partial charge in [0.05, 0.1) is 17.1 Å². The lowest BCUT2D eigenvalue weighted by atomic mass is 10.1. The van der Waals surface area contributed by atoms with Gasteiger partial charge in [-0.3, -0.25) is 14.9 Å². The summed E-state index contributed by atoms with van der Waals surface area (Å²) in [6, 6.07) is 10.7. The van der Waals surface area contributed by atoms with Crippen LogP contribution in [0.2, 0.25) is 0 Å². The smallest absolute Gasteiger partial charge is 0.338 e. The van der Waals surface area contributed by atoms with Crippen LogP contribution in [0, 0.1) is 17.0 Å². The quantitative estimate of drug-likeness (QED) is 0.463. The van der Waals surface area contributed by atoms with Gasteiger partial charge in [0.25, 0.3) is 11.6 Å². The highest BCUT2D eigenvalue weighted by Crippen LogP contribution is 2.21. The van der Waals surface area contributed by atoms with Gasteiger partial charge >= 0.3 is 5.97 Å². The van der Waals surface area contributed by atoms with Gasteiger partial charge in [0.1, 0.15) is 0 Å². The van der Waals surface area contributed by atoms with E-state index in [9.17, 15) is 19.7 Å². The fraction of sp³-hybridized carbons (Fsp3) is 0.222. The minimum absolute atomic E-state index is 0.0659. The van der Waals surface area contributed by atoms with Crippen molar-refractivity contribution in [3.63, 3.8) is 0 Å². The summed E-state index contributed by atoms with van der Waals surface area (Å²) in [7, 11) is 1.58. The maximum absolute atomic E-state index is 11.9. The average Bonchev–Trinajstić information content (AvgIpc) is 2.62. The highest BCUT2D eigenvalue weighted by Gasteiger charge is 2.13. The first-order valence-electron chi connectivity index (χ1n) is 7.70. The molecule has 8 nitrogen and oxygen atoms in total. The Kier molecular flexibility index (Phi) is 6.40. The van der Waals surface area contributed by atoms with Gasteiger partial charge in [0.15, 0.2) is 6.61 Å². The van der Waals surface area contributed by atoms with Crippen LogP contribution in [-0.4, -0.2) is 30.5 Å². The Bertz CT molecular complexity index is 817. The zero-order valence-corrected chi connectivity index (χ0v) is 14.4. The molecule has 0 unspecified atom stereocenters. The van der Waals surface area contributed by atoms with E-state index in [2.05, 4.69) is 5.32 Å². The van der Waals surface area contributed by atoms with Gasteiger partial charge in [-0.25, -0.2) is 4.79 Å². The van der Waals surface area contributed by atoms with Crippen LogP contribution in [0.15, 0.2) is 42.5 Å². The van der Waals surface area contributed by atoms with Gasteiger partial charge in [0, 0.05) is 24.9 Å². The normalized spacial score (nSPS) is 10.2. The number of aryl methyl sites for hydroxylation is 1. The highest BCUT2D eigenvalue weighted by molar-refractivity contribution is 5.96. The fourth-order valence-electron chi connectivity index (χ4n) is 2.21. The lowest BCUT2D eigenvalue weighted by molar-refractivity contribution is -0.384. The second kappa shape index (κ2) is 8.72. The molecule has 0 heterocycles. The van der Waals surface area contributed by atoms with Crippen molar-refractivity contribution in [3.8, 4) is 0 Å². The Morgan fingerprint density at radius 2 is 1.85 bits per heavy atom. The van der Waals surface area contributed by atoms with Gasteiger partial charge in [-0.15, -0.1) is 0 Å². The monoisotopic (exact) mass is 358 g/mol. The third-order valence-electron chi connectivity index (χ3n) is 3.53. The second-order valence-corrected chi connectivity index (χ2v) is 5.51. The molecule has 0 bridgehead atoms.